The van der Waals surface area contributed by atoms with E-state index in [0.29, 0.717) is 11.3 Å². The topological polar surface area (TPSA) is 56.1 Å². The van der Waals surface area contributed by atoms with E-state index in [9.17, 15) is 22.4 Å². The molecule has 0 bridgehead atoms. The van der Waals surface area contributed by atoms with Crippen LogP contribution in [0, 0.1) is 5.82 Å². The zero-order valence-electron chi connectivity index (χ0n) is 13.0. The van der Waals surface area contributed by atoms with Crippen LogP contribution in [-0.2, 0) is 10.9 Å². The number of carbonyl (C=O) groups excluding carboxylic acids is 1. The predicted molar refractivity (Wildman–Crippen MR) is 79.8 cm³/mol. The van der Waals surface area contributed by atoms with Crippen molar-refractivity contribution >= 4 is 5.91 Å². The number of amides is 1. The fourth-order valence-corrected chi connectivity index (χ4v) is 2.70. The van der Waals surface area contributed by atoms with Crippen LogP contribution < -0.4 is 5.32 Å². The van der Waals surface area contributed by atoms with Gasteiger partial charge in [-0.1, -0.05) is 6.07 Å². The van der Waals surface area contributed by atoms with E-state index in [2.05, 4.69) is 10.4 Å². The van der Waals surface area contributed by atoms with Crippen molar-refractivity contribution in [3.8, 4) is 5.69 Å². The van der Waals surface area contributed by atoms with Gasteiger partial charge in [0.1, 0.15) is 5.82 Å². The number of ether oxygens (including phenoxy) is 1. The first-order chi connectivity index (χ1) is 11.9. The number of rotatable bonds is 4. The standard InChI is InChI=1S/C16H15F4N3O2/c17-10-3-1-4-11(7-10)23-14(16(18,19)20)13(9-22-23)15(24)21-8-12-5-2-6-25-12/h1,3-4,7,9,12H,2,5-6,8H2,(H,21,24). The summed E-state index contributed by atoms with van der Waals surface area (Å²) in [7, 11) is 0. The number of nitrogens with one attached hydrogen (secondary N) is 1. The quantitative estimate of drug-likeness (QED) is 0.856. The van der Waals surface area contributed by atoms with Gasteiger partial charge in [0, 0.05) is 13.2 Å². The van der Waals surface area contributed by atoms with E-state index in [4.69, 9.17) is 4.74 Å². The molecule has 2 aromatic rings. The molecule has 25 heavy (non-hydrogen) atoms. The van der Waals surface area contributed by atoms with Crippen LogP contribution in [0.5, 0.6) is 0 Å². The molecule has 134 valence electrons. The van der Waals surface area contributed by atoms with Crippen LogP contribution in [0.4, 0.5) is 17.6 Å². The van der Waals surface area contributed by atoms with Crippen molar-refractivity contribution < 1.29 is 27.1 Å². The number of hydrogen-bond donors (Lipinski definition) is 1. The Morgan fingerprint density at radius 3 is 2.84 bits per heavy atom. The van der Waals surface area contributed by atoms with Crippen LogP contribution in [0.15, 0.2) is 30.5 Å². The molecule has 1 N–H and O–H groups in total. The number of halogens is 4. The van der Waals surface area contributed by atoms with Crippen LogP contribution in [-0.4, -0.2) is 34.9 Å². The van der Waals surface area contributed by atoms with Gasteiger partial charge in [0.25, 0.3) is 5.91 Å². The molecular formula is C16H15F4N3O2. The average molecular weight is 357 g/mol. The molecule has 1 aliphatic heterocycles. The Bertz CT molecular complexity index is 767. The van der Waals surface area contributed by atoms with Gasteiger partial charge in [-0.25, -0.2) is 9.07 Å². The molecule has 1 fully saturated rings. The van der Waals surface area contributed by atoms with E-state index in [0.717, 1.165) is 31.2 Å². The summed E-state index contributed by atoms with van der Waals surface area (Å²) in [6.45, 7) is 0.702. The van der Waals surface area contributed by atoms with E-state index in [-0.39, 0.29) is 18.3 Å². The molecule has 1 aromatic heterocycles. The summed E-state index contributed by atoms with van der Waals surface area (Å²) in [6, 6.07) is 4.56. The third-order valence-corrected chi connectivity index (χ3v) is 3.85. The zero-order chi connectivity index (χ0) is 18.0. The second-order valence-electron chi connectivity index (χ2n) is 5.64. The zero-order valence-corrected chi connectivity index (χ0v) is 13.0. The van der Waals surface area contributed by atoms with Crippen molar-refractivity contribution in [1.29, 1.82) is 0 Å². The summed E-state index contributed by atoms with van der Waals surface area (Å²) in [5.74, 6) is -1.60. The molecule has 0 spiro atoms. The van der Waals surface area contributed by atoms with E-state index in [1.807, 2.05) is 0 Å². The van der Waals surface area contributed by atoms with Gasteiger partial charge < -0.3 is 10.1 Å². The van der Waals surface area contributed by atoms with Crippen molar-refractivity contribution in [2.75, 3.05) is 13.2 Å². The minimum atomic E-state index is -4.83. The van der Waals surface area contributed by atoms with Gasteiger partial charge in [0.15, 0.2) is 5.69 Å². The highest BCUT2D eigenvalue weighted by molar-refractivity contribution is 5.95. The van der Waals surface area contributed by atoms with Gasteiger partial charge in [0.05, 0.1) is 23.6 Å². The first kappa shape index (κ1) is 17.4. The van der Waals surface area contributed by atoms with Gasteiger partial charge in [0.2, 0.25) is 0 Å². The van der Waals surface area contributed by atoms with Crippen molar-refractivity contribution in [3.05, 3.63) is 47.5 Å². The van der Waals surface area contributed by atoms with Crippen molar-refractivity contribution in [2.24, 2.45) is 0 Å². The van der Waals surface area contributed by atoms with Gasteiger partial charge in [-0.05, 0) is 31.0 Å². The van der Waals surface area contributed by atoms with Crippen LogP contribution in [0.2, 0.25) is 0 Å². The Kier molecular flexibility index (Phi) is 4.76. The molecule has 1 aromatic carbocycles. The number of carbonyl (C=O) groups is 1. The largest absolute Gasteiger partial charge is 0.434 e. The van der Waals surface area contributed by atoms with E-state index in [1.54, 1.807) is 0 Å². The van der Waals surface area contributed by atoms with Gasteiger partial charge in [-0.3, -0.25) is 4.79 Å². The first-order valence-electron chi connectivity index (χ1n) is 7.67. The summed E-state index contributed by atoms with van der Waals surface area (Å²) in [4.78, 5) is 12.2. The summed E-state index contributed by atoms with van der Waals surface area (Å²) in [6.07, 6.45) is -2.60. The van der Waals surface area contributed by atoms with Crippen molar-refractivity contribution in [3.63, 3.8) is 0 Å². The maximum Gasteiger partial charge on any atom is 0.434 e. The lowest BCUT2D eigenvalue weighted by molar-refractivity contribution is -0.143. The monoisotopic (exact) mass is 357 g/mol. The second kappa shape index (κ2) is 6.83. The molecule has 0 saturated carbocycles. The smallest absolute Gasteiger partial charge is 0.376 e. The molecule has 5 nitrogen and oxygen atoms in total. The average Bonchev–Trinajstić information content (AvgIpc) is 3.21. The number of alkyl halides is 3. The van der Waals surface area contributed by atoms with Crippen LogP contribution in [0.3, 0.4) is 0 Å². The number of benzene rings is 1. The fourth-order valence-electron chi connectivity index (χ4n) is 2.70. The maximum absolute atomic E-state index is 13.5. The third-order valence-electron chi connectivity index (χ3n) is 3.85. The Balaban J connectivity index is 1.90. The SMILES string of the molecule is O=C(NCC1CCCO1)c1cnn(-c2cccc(F)c2)c1C(F)(F)F. The van der Waals surface area contributed by atoms with Crippen LogP contribution in [0.25, 0.3) is 5.69 Å². The number of nitrogens with zero attached hydrogens (tertiary/aromatic N) is 2. The Morgan fingerprint density at radius 2 is 2.20 bits per heavy atom. The normalized spacial score (nSPS) is 17.7. The predicted octanol–water partition coefficient (Wildman–Crippen LogP) is 2.94. The minimum Gasteiger partial charge on any atom is -0.376 e. The summed E-state index contributed by atoms with van der Waals surface area (Å²) >= 11 is 0. The summed E-state index contributed by atoms with van der Waals surface area (Å²) in [5.41, 5.74) is -1.98. The van der Waals surface area contributed by atoms with E-state index >= 15 is 0 Å². The summed E-state index contributed by atoms with van der Waals surface area (Å²) in [5, 5.41) is 6.07. The number of hydrogen-bond acceptors (Lipinski definition) is 3. The Morgan fingerprint density at radius 1 is 1.40 bits per heavy atom. The van der Waals surface area contributed by atoms with Gasteiger partial charge in [-0.2, -0.15) is 18.3 Å². The highest BCUT2D eigenvalue weighted by Gasteiger charge is 2.40. The molecule has 2 heterocycles. The molecule has 0 aliphatic carbocycles. The molecule has 1 aliphatic rings. The van der Waals surface area contributed by atoms with Crippen molar-refractivity contribution in [2.45, 2.75) is 25.1 Å². The number of aromatic nitrogens is 2. The van der Waals surface area contributed by atoms with Gasteiger partial charge >= 0.3 is 6.18 Å². The summed E-state index contributed by atoms with van der Waals surface area (Å²) < 4.78 is 59.6. The highest BCUT2D eigenvalue weighted by Crippen LogP contribution is 2.33. The Hall–Kier alpha value is -2.42. The second-order valence-corrected chi connectivity index (χ2v) is 5.64. The molecule has 3 rings (SSSR count). The molecular weight excluding hydrogens is 342 g/mol. The van der Waals surface area contributed by atoms with Crippen LogP contribution in [0.1, 0.15) is 28.9 Å². The lowest BCUT2D eigenvalue weighted by Crippen LogP contribution is -2.33. The molecule has 1 amide bonds. The van der Waals surface area contributed by atoms with E-state index in [1.165, 1.54) is 12.1 Å². The lowest BCUT2D eigenvalue weighted by atomic mass is 10.2. The molecule has 1 atom stereocenters. The molecule has 0 radical (unpaired) electrons. The van der Waals surface area contributed by atoms with Crippen molar-refractivity contribution in [1.82, 2.24) is 15.1 Å². The molecule has 1 saturated heterocycles. The minimum absolute atomic E-state index is 0.120. The van der Waals surface area contributed by atoms with Gasteiger partial charge in [-0.15, -0.1) is 0 Å². The molecule has 1 unspecified atom stereocenters. The first-order valence-corrected chi connectivity index (χ1v) is 7.67. The lowest BCUT2D eigenvalue weighted by Gasteiger charge is -2.14. The maximum atomic E-state index is 13.5. The molecule has 9 heteroatoms. The van der Waals surface area contributed by atoms with E-state index < -0.39 is 29.2 Å². The van der Waals surface area contributed by atoms with Crippen LogP contribution >= 0.6 is 0 Å². The highest BCUT2D eigenvalue weighted by atomic mass is 19.4. The fraction of sp³-hybridized carbons (Fsp3) is 0.375. The Labute approximate surface area is 140 Å². The third kappa shape index (κ3) is 3.81.